The Hall–Kier alpha value is -2.86. The maximum absolute atomic E-state index is 12.3. The number of carbonyl (C=O) groups excluding carboxylic acids is 1. The highest BCUT2D eigenvalue weighted by molar-refractivity contribution is 5.95. The third kappa shape index (κ3) is 6.42. The van der Waals surface area contributed by atoms with Gasteiger partial charge in [0.05, 0.1) is 5.56 Å². The maximum Gasteiger partial charge on any atom is 0.335 e. The number of carboxylic acid groups (broad SMARTS) is 1. The average Bonchev–Trinajstić information content (AvgIpc) is 2.70. The molecule has 0 bridgehead atoms. The lowest BCUT2D eigenvalue weighted by atomic mass is 10.1. The Kier molecular flexibility index (Phi) is 7.82. The summed E-state index contributed by atoms with van der Waals surface area (Å²) in [6.07, 6.45) is 0. The van der Waals surface area contributed by atoms with E-state index in [-0.39, 0.29) is 11.5 Å². The van der Waals surface area contributed by atoms with Crippen molar-refractivity contribution in [1.82, 2.24) is 10.2 Å². The molecule has 0 aliphatic carbocycles. The van der Waals surface area contributed by atoms with E-state index in [4.69, 9.17) is 5.11 Å². The summed E-state index contributed by atoms with van der Waals surface area (Å²) >= 11 is 0. The number of anilines is 1. The number of hydrogen-bond acceptors (Lipinski definition) is 4. The van der Waals surface area contributed by atoms with E-state index in [2.05, 4.69) is 29.4 Å². The largest absolute Gasteiger partial charge is 0.478 e. The second-order valence-corrected chi connectivity index (χ2v) is 6.22. The first-order chi connectivity index (χ1) is 13.0. The molecule has 2 aromatic rings. The van der Waals surface area contributed by atoms with E-state index in [1.54, 1.807) is 30.3 Å². The van der Waals surface area contributed by atoms with Crippen LogP contribution in [0.25, 0.3) is 0 Å². The highest BCUT2D eigenvalue weighted by atomic mass is 16.4. The summed E-state index contributed by atoms with van der Waals surface area (Å²) in [6, 6.07) is 14.1. The normalized spacial score (nSPS) is 10.6. The van der Waals surface area contributed by atoms with Crippen molar-refractivity contribution < 1.29 is 14.7 Å². The Morgan fingerprint density at radius 2 is 1.70 bits per heavy atom. The lowest BCUT2D eigenvalue weighted by Crippen LogP contribution is -2.34. The maximum atomic E-state index is 12.3. The first kappa shape index (κ1) is 20.5. The minimum absolute atomic E-state index is 0.0984. The fourth-order valence-electron chi connectivity index (χ4n) is 2.76. The van der Waals surface area contributed by atoms with Crippen LogP contribution in [0.4, 0.5) is 5.69 Å². The predicted molar refractivity (Wildman–Crippen MR) is 107 cm³/mol. The molecule has 0 aliphatic rings. The Morgan fingerprint density at radius 1 is 1.00 bits per heavy atom. The van der Waals surface area contributed by atoms with Crippen molar-refractivity contribution in [3.8, 4) is 0 Å². The summed E-state index contributed by atoms with van der Waals surface area (Å²) in [5.74, 6) is -1.04. The quantitative estimate of drug-likeness (QED) is 0.600. The minimum atomic E-state index is -0.944. The van der Waals surface area contributed by atoms with Crippen LogP contribution in [-0.4, -0.2) is 48.1 Å². The number of likely N-dealkylation sites (N-methyl/N-ethyl adjacent to an activating group) is 1. The molecule has 27 heavy (non-hydrogen) atoms. The van der Waals surface area contributed by atoms with Gasteiger partial charge in [-0.1, -0.05) is 32.0 Å². The first-order valence-corrected chi connectivity index (χ1v) is 9.20. The van der Waals surface area contributed by atoms with Gasteiger partial charge in [-0.05, 0) is 49.0 Å². The van der Waals surface area contributed by atoms with E-state index in [1.165, 1.54) is 0 Å². The van der Waals surface area contributed by atoms with Gasteiger partial charge in [-0.15, -0.1) is 0 Å². The van der Waals surface area contributed by atoms with Gasteiger partial charge < -0.3 is 20.6 Å². The zero-order chi connectivity index (χ0) is 19.6. The summed E-state index contributed by atoms with van der Waals surface area (Å²) in [5, 5.41) is 15.2. The molecule has 144 valence electrons. The number of amides is 1. The number of nitrogens with zero attached hydrogens (tertiary/aromatic N) is 1. The third-order valence-electron chi connectivity index (χ3n) is 4.40. The van der Waals surface area contributed by atoms with Crippen LogP contribution in [0, 0.1) is 0 Å². The molecule has 0 saturated heterocycles. The van der Waals surface area contributed by atoms with Crippen LogP contribution < -0.4 is 10.6 Å². The van der Waals surface area contributed by atoms with Crippen molar-refractivity contribution in [2.45, 2.75) is 20.4 Å². The van der Waals surface area contributed by atoms with E-state index < -0.39 is 5.97 Å². The van der Waals surface area contributed by atoms with Crippen LogP contribution in [0.15, 0.2) is 48.5 Å². The number of aromatic carboxylic acids is 1. The Bertz CT molecular complexity index is 773. The third-order valence-corrected chi connectivity index (χ3v) is 4.40. The van der Waals surface area contributed by atoms with Crippen LogP contribution in [0.3, 0.4) is 0 Å². The molecule has 0 saturated carbocycles. The van der Waals surface area contributed by atoms with Gasteiger partial charge in [0.2, 0.25) is 0 Å². The first-order valence-electron chi connectivity index (χ1n) is 9.20. The van der Waals surface area contributed by atoms with Crippen molar-refractivity contribution in [3.05, 3.63) is 65.2 Å². The molecule has 0 spiro atoms. The second kappa shape index (κ2) is 10.3. The minimum Gasteiger partial charge on any atom is -0.478 e. The van der Waals surface area contributed by atoms with Gasteiger partial charge in [-0.25, -0.2) is 4.79 Å². The molecule has 6 heteroatoms. The summed E-state index contributed by atoms with van der Waals surface area (Å²) < 4.78 is 0. The van der Waals surface area contributed by atoms with Crippen molar-refractivity contribution >= 4 is 17.6 Å². The molecule has 0 heterocycles. The van der Waals surface area contributed by atoms with Crippen molar-refractivity contribution in [2.24, 2.45) is 0 Å². The fraction of sp³-hybridized carbons (Fsp3) is 0.333. The lowest BCUT2D eigenvalue weighted by Gasteiger charge is -2.18. The predicted octanol–water partition coefficient (Wildman–Crippen LogP) is 3.07. The summed E-state index contributed by atoms with van der Waals surface area (Å²) in [6.45, 7) is 8.06. The van der Waals surface area contributed by atoms with Gasteiger partial charge in [-0.2, -0.15) is 0 Å². The molecule has 0 aromatic heterocycles. The molecule has 0 aliphatic heterocycles. The van der Waals surface area contributed by atoms with Gasteiger partial charge in [-0.3, -0.25) is 4.79 Å². The number of nitrogens with one attached hydrogen (secondary N) is 2. The molecule has 6 nitrogen and oxygen atoms in total. The van der Waals surface area contributed by atoms with Crippen LogP contribution in [-0.2, 0) is 6.54 Å². The Labute approximate surface area is 160 Å². The highest BCUT2D eigenvalue weighted by Gasteiger charge is 2.07. The Morgan fingerprint density at radius 3 is 2.41 bits per heavy atom. The zero-order valence-electron chi connectivity index (χ0n) is 15.9. The van der Waals surface area contributed by atoms with E-state index in [9.17, 15) is 9.59 Å². The Balaban J connectivity index is 1.91. The second-order valence-electron chi connectivity index (χ2n) is 6.22. The van der Waals surface area contributed by atoms with E-state index in [0.717, 1.165) is 30.9 Å². The van der Waals surface area contributed by atoms with Crippen molar-refractivity contribution in [3.63, 3.8) is 0 Å². The van der Waals surface area contributed by atoms with Crippen molar-refractivity contribution in [2.75, 3.05) is 31.5 Å². The van der Waals surface area contributed by atoms with Crippen LogP contribution in [0.1, 0.15) is 40.1 Å². The number of carboxylic acids is 1. The average molecular weight is 369 g/mol. The SMILES string of the molecule is CCN(CC)CCNC(=O)c1cccc(NCc2cccc(C(=O)O)c2)c1. The summed E-state index contributed by atoms with van der Waals surface area (Å²) in [7, 11) is 0. The van der Waals surface area contributed by atoms with Crippen LogP contribution in [0.5, 0.6) is 0 Å². The molecule has 0 radical (unpaired) electrons. The van der Waals surface area contributed by atoms with Gasteiger partial charge in [0, 0.05) is 30.9 Å². The smallest absolute Gasteiger partial charge is 0.335 e. The van der Waals surface area contributed by atoms with E-state index in [0.29, 0.717) is 18.7 Å². The van der Waals surface area contributed by atoms with Gasteiger partial charge in [0.25, 0.3) is 5.91 Å². The zero-order valence-corrected chi connectivity index (χ0v) is 15.9. The fourth-order valence-corrected chi connectivity index (χ4v) is 2.76. The van der Waals surface area contributed by atoms with Gasteiger partial charge in [0.15, 0.2) is 0 Å². The summed E-state index contributed by atoms with van der Waals surface area (Å²) in [4.78, 5) is 25.6. The number of rotatable bonds is 10. The van der Waals surface area contributed by atoms with E-state index >= 15 is 0 Å². The van der Waals surface area contributed by atoms with Crippen LogP contribution in [0.2, 0.25) is 0 Å². The highest BCUT2D eigenvalue weighted by Crippen LogP contribution is 2.13. The number of benzene rings is 2. The molecular weight excluding hydrogens is 342 g/mol. The summed E-state index contributed by atoms with van der Waals surface area (Å²) in [5.41, 5.74) is 2.53. The molecule has 0 atom stereocenters. The van der Waals surface area contributed by atoms with Crippen LogP contribution >= 0.6 is 0 Å². The van der Waals surface area contributed by atoms with Gasteiger partial charge >= 0.3 is 5.97 Å². The number of carbonyl (C=O) groups is 2. The van der Waals surface area contributed by atoms with E-state index in [1.807, 2.05) is 18.2 Å². The molecule has 1 amide bonds. The number of hydrogen-bond donors (Lipinski definition) is 3. The van der Waals surface area contributed by atoms with Crippen molar-refractivity contribution in [1.29, 1.82) is 0 Å². The monoisotopic (exact) mass is 369 g/mol. The molecule has 3 N–H and O–H groups in total. The molecule has 2 aromatic carbocycles. The molecular formula is C21H27N3O3. The lowest BCUT2D eigenvalue weighted by molar-refractivity contribution is 0.0696. The molecule has 0 fully saturated rings. The topological polar surface area (TPSA) is 81.7 Å². The molecule has 2 rings (SSSR count). The standard InChI is InChI=1S/C21H27N3O3/c1-3-24(4-2)12-11-22-20(25)17-8-6-10-19(14-17)23-15-16-7-5-9-18(13-16)21(26)27/h5-10,13-14,23H,3-4,11-12,15H2,1-2H3,(H,22,25)(H,26,27). The van der Waals surface area contributed by atoms with Gasteiger partial charge in [0.1, 0.15) is 0 Å². The molecule has 0 unspecified atom stereocenters.